The molecule has 1 heterocycles. The van der Waals surface area contributed by atoms with Gasteiger partial charge in [-0.2, -0.15) is 0 Å². The predicted molar refractivity (Wildman–Crippen MR) is 110 cm³/mol. The second-order valence-electron chi connectivity index (χ2n) is 6.42. The average molecular weight is 414 g/mol. The highest BCUT2D eigenvalue weighted by Gasteiger charge is 2.19. The fourth-order valence-corrected chi connectivity index (χ4v) is 3.78. The van der Waals surface area contributed by atoms with Crippen molar-refractivity contribution in [1.29, 1.82) is 0 Å². The maximum atomic E-state index is 12.7. The van der Waals surface area contributed by atoms with Gasteiger partial charge in [0.25, 0.3) is 15.9 Å². The molecule has 0 aliphatic heterocycles. The minimum atomic E-state index is -3.85. The number of carbonyl (C=O) groups excluding carboxylic acids is 1. The third-order valence-electron chi connectivity index (χ3n) is 4.28. The number of methoxy groups -OCH3 is 1. The molecule has 3 aromatic rings. The van der Waals surface area contributed by atoms with Crippen LogP contribution in [0.1, 0.15) is 21.7 Å². The molecule has 0 saturated heterocycles. The van der Waals surface area contributed by atoms with Crippen molar-refractivity contribution in [3.05, 3.63) is 77.7 Å². The van der Waals surface area contributed by atoms with Gasteiger partial charge in [-0.15, -0.1) is 0 Å². The smallest absolute Gasteiger partial charge is 0.261 e. The summed E-state index contributed by atoms with van der Waals surface area (Å²) in [5, 5.41) is 2.77. The van der Waals surface area contributed by atoms with Gasteiger partial charge in [-0.05, 0) is 49.4 Å². The van der Waals surface area contributed by atoms with Crippen LogP contribution in [0.4, 0.5) is 5.69 Å². The van der Waals surface area contributed by atoms with Crippen molar-refractivity contribution in [2.24, 2.45) is 0 Å². The lowest BCUT2D eigenvalue weighted by Gasteiger charge is -2.14. The molecular weight excluding hydrogens is 392 g/mol. The Morgan fingerprint density at radius 3 is 2.52 bits per heavy atom. The van der Waals surface area contributed by atoms with E-state index in [4.69, 9.17) is 9.15 Å². The molecule has 0 bridgehead atoms. The Hall–Kier alpha value is -3.26. The Bertz CT molecular complexity index is 1070. The molecule has 2 N–H and O–H groups in total. The fraction of sp³-hybridized carbons (Fsp3) is 0.190. The Morgan fingerprint density at radius 2 is 1.86 bits per heavy atom. The first-order valence-corrected chi connectivity index (χ1v) is 10.5. The van der Waals surface area contributed by atoms with E-state index in [9.17, 15) is 13.2 Å². The van der Waals surface area contributed by atoms with E-state index in [1.807, 2.05) is 13.0 Å². The van der Waals surface area contributed by atoms with Crippen LogP contribution >= 0.6 is 0 Å². The summed E-state index contributed by atoms with van der Waals surface area (Å²) in [7, 11) is -2.37. The van der Waals surface area contributed by atoms with Crippen LogP contribution in [0.15, 0.2) is 70.2 Å². The number of furan rings is 1. The molecule has 0 radical (unpaired) electrons. The highest BCUT2D eigenvalue weighted by atomic mass is 32.2. The van der Waals surface area contributed by atoms with Gasteiger partial charge in [-0.3, -0.25) is 9.52 Å². The SMILES string of the molecule is COc1ccc(NS(=O)(=O)c2ccc(C)cc2)c(C(=O)NCCc2ccco2)c1. The number of aryl methyl sites for hydroxylation is 1. The van der Waals surface area contributed by atoms with Gasteiger partial charge in [0.2, 0.25) is 0 Å². The number of nitrogens with one attached hydrogen (secondary N) is 2. The minimum absolute atomic E-state index is 0.114. The first kappa shape index (κ1) is 20.5. The molecule has 2 aromatic carbocycles. The molecule has 0 fully saturated rings. The van der Waals surface area contributed by atoms with Gasteiger partial charge in [-0.1, -0.05) is 17.7 Å². The van der Waals surface area contributed by atoms with Crippen LogP contribution in [0.5, 0.6) is 5.75 Å². The first-order chi connectivity index (χ1) is 13.9. The van der Waals surface area contributed by atoms with Crippen molar-refractivity contribution in [2.45, 2.75) is 18.2 Å². The molecule has 7 nitrogen and oxygen atoms in total. The monoisotopic (exact) mass is 414 g/mol. The number of amides is 1. The molecule has 0 aliphatic rings. The first-order valence-electron chi connectivity index (χ1n) is 8.97. The van der Waals surface area contributed by atoms with E-state index >= 15 is 0 Å². The van der Waals surface area contributed by atoms with E-state index in [0.717, 1.165) is 11.3 Å². The Balaban J connectivity index is 1.80. The van der Waals surface area contributed by atoms with Crippen LogP contribution in [0.2, 0.25) is 0 Å². The van der Waals surface area contributed by atoms with Crippen LogP contribution in [-0.2, 0) is 16.4 Å². The summed E-state index contributed by atoms with van der Waals surface area (Å²) in [5.74, 6) is 0.771. The average Bonchev–Trinajstić information content (AvgIpc) is 3.22. The summed E-state index contributed by atoms with van der Waals surface area (Å²) in [4.78, 5) is 12.8. The van der Waals surface area contributed by atoms with Gasteiger partial charge >= 0.3 is 0 Å². The molecule has 0 atom stereocenters. The normalized spacial score (nSPS) is 11.1. The summed E-state index contributed by atoms with van der Waals surface area (Å²) < 4.78 is 38.4. The number of rotatable bonds is 8. The van der Waals surface area contributed by atoms with Crippen LogP contribution in [0, 0.1) is 6.92 Å². The van der Waals surface area contributed by atoms with Crippen LogP contribution in [-0.4, -0.2) is 28.0 Å². The molecule has 152 valence electrons. The van der Waals surface area contributed by atoms with E-state index in [1.54, 1.807) is 30.5 Å². The summed E-state index contributed by atoms with van der Waals surface area (Å²) >= 11 is 0. The number of hydrogen-bond donors (Lipinski definition) is 2. The predicted octanol–water partition coefficient (Wildman–Crippen LogP) is 3.37. The van der Waals surface area contributed by atoms with Gasteiger partial charge < -0.3 is 14.5 Å². The maximum absolute atomic E-state index is 12.7. The van der Waals surface area contributed by atoms with Crippen molar-refractivity contribution in [3.8, 4) is 5.75 Å². The van der Waals surface area contributed by atoms with Gasteiger partial charge in [0.05, 0.1) is 29.5 Å². The van der Waals surface area contributed by atoms with Gasteiger partial charge in [0.15, 0.2) is 0 Å². The molecule has 1 aromatic heterocycles. The minimum Gasteiger partial charge on any atom is -0.497 e. The second kappa shape index (κ2) is 8.83. The van der Waals surface area contributed by atoms with Gasteiger partial charge in [0.1, 0.15) is 11.5 Å². The Morgan fingerprint density at radius 1 is 1.10 bits per heavy atom. The quantitative estimate of drug-likeness (QED) is 0.589. The van der Waals surface area contributed by atoms with Crippen LogP contribution in [0.25, 0.3) is 0 Å². The van der Waals surface area contributed by atoms with E-state index in [1.165, 1.54) is 31.4 Å². The lowest BCUT2D eigenvalue weighted by atomic mass is 10.1. The van der Waals surface area contributed by atoms with Crippen molar-refractivity contribution < 1.29 is 22.4 Å². The molecule has 1 amide bonds. The van der Waals surface area contributed by atoms with Crippen LogP contribution < -0.4 is 14.8 Å². The zero-order valence-corrected chi connectivity index (χ0v) is 17.0. The number of benzene rings is 2. The maximum Gasteiger partial charge on any atom is 0.261 e. The topological polar surface area (TPSA) is 97.6 Å². The molecule has 3 rings (SSSR count). The summed E-state index contributed by atoms with van der Waals surface area (Å²) in [6.45, 7) is 2.21. The summed E-state index contributed by atoms with van der Waals surface area (Å²) in [6, 6.07) is 14.6. The highest BCUT2D eigenvalue weighted by Crippen LogP contribution is 2.25. The standard InChI is InChI=1S/C21H22N2O5S/c1-15-5-8-18(9-6-15)29(25,26)23-20-10-7-17(27-2)14-19(20)21(24)22-12-11-16-4-3-13-28-16/h3-10,13-14,23H,11-12H2,1-2H3,(H,22,24). The van der Waals surface area contributed by atoms with E-state index in [-0.39, 0.29) is 16.1 Å². The van der Waals surface area contributed by atoms with Crippen molar-refractivity contribution >= 4 is 21.6 Å². The van der Waals surface area contributed by atoms with Gasteiger partial charge in [-0.25, -0.2) is 8.42 Å². The number of hydrogen-bond acceptors (Lipinski definition) is 5. The lowest BCUT2D eigenvalue weighted by molar-refractivity contribution is 0.0954. The molecule has 0 spiro atoms. The third kappa shape index (κ3) is 5.17. The number of carbonyl (C=O) groups is 1. The molecule has 0 unspecified atom stereocenters. The summed E-state index contributed by atoms with van der Waals surface area (Å²) in [6.07, 6.45) is 2.09. The lowest BCUT2D eigenvalue weighted by Crippen LogP contribution is -2.27. The molecule has 8 heteroatoms. The number of anilines is 1. The van der Waals surface area contributed by atoms with Crippen molar-refractivity contribution in [1.82, 2.24) is 5.32 Å². The van der Waals surface area contributed by atoms with E-state index < -0.39 is 15.9 Å². The van der Waals surface area contributed by atoms with E-state index in [0.29, 0.717) is 18.7 Å². The molecule has 29 heavy (non-hydrogen) atoms. The molecular formula is C21H22N2O5S. The van der Waals surface area contributed by atoms with Crippen molar-refractivity contribution in [3.63, 3.8) is 0 Å². The molecule has 0 aliphatic carbocycles. The van der Waals surface area contributed by atoms with Crippen molar-refractivity contribution in [2.75, 3.05) is 18.4 Å². The highest BCUT2D eigenvalue weighted by molar-refractivity contribution is 7.92. The Kier molecular flexibility index (Phi) is 6.23. The fourth-order valence-electron chi connectivity index (χ4n) is 2.70. The zero-order chi connectivity index (χ0) is 20.9. The number of sulfonamides is 1. The largest absolute Gasteiger partial charge is 0.497 e. The van der Waals surface area contributed by atoms with Gasteiger partial charge in [0, 0.05) is 13.0 Å². The van der Waals surface area contributed by atoms with E-state index in [2.05, 4.69) is 10.0 Å². The number of ether oxygens (including phenoxy) is 1. The summed E-state index contributed by atoms with van der Waals surface area (Å²) in [5.41, 5.74) is 1.28. The van der Waals surface area contributed by atoms with Crippen LogP contribution in [0.3, 0.4) is 0 Å². The third-order valence-corrected chi connectivity index (χ3v) is 5.67. The Labute approximate surface area is 169 Å². The zero-order valence-electron chi connectivity index (χ0n) is 16.1. The molecule has 0 saturated carbocycles. The second-order valence-corrected chi connectivity index (χ2v) is 8.10.